The van der Waals surface area contributed by atoms with Crippen LogP contribution in [0.2, 0.25) is 10.0 Å². The molecule has 0 aliphatic carbocycles. The highest BCUT2D eigenvalue weighted by Gasteiger charge is 2.37. The molecule has 3 amide bonds. The van der Waals surface area contributed by atoms with E-state index in [1.807, 2.05) is 0 Å². The number of imide groups is 1. The van der Waals surface area contributed by atoms with E-state index in [0.717, 1.165) is 4.90 Å². The first kappa shape index (κ1) is 17.8. The topological polar surface area (TPSA) is 110 Å². The summed E-state index contributed by atoms with van der Waals surface area (Å²) in [5.74, 6) is -1.93. The van der Waals surface area contributed by atoms with Crippen LogP contribution in [0.4, 0.5) is 11.4 Å². The van der Waals surface area contributed by atoms with Crippen LogP contribution in [-0.2, 0) is 4.79 Å². The third kappa shape index (κ3) is 3.24. The quantitative estimate of drug-likeness (QED) is 0.487. The fourth-order valence-electron chi connectivity index (χ4n) is 2.44. The Bertz CT molecular complexity index is 918. The van der Waals surface area contributed by atoms with Crippen LogP contribution in [0.15, 0.2) is 36.4 Å². The minimum absolute atomic E-state index is 0.0764. The fraction of sp³-hybridized carbons (Fsp3) is 0.0625. The van der Waals surface area contributed by atoms with Gasteiger partial charge in [0.05, 0.1) is 26.1 Å². The molecule has 1 N–H and O–H groups in total. The zero-order valence-electron chi connectivity index (χ0n) is 12.9. The van der Waals surface area contributed by atoms with Crippen LogP contribution >= 0.6 is 23.2 Å². The summed E-state index contributed by atoms with van der Waals surface area (Å²) in [4.78, 5) is 47.6. The van der Waals surface area contributed by atoms with Crippen LogP contribution in [0.25, 0.3) is 0 Å². The van der Waals surface area contributed by atoms with Crippen molar-refractivity contribution >= 4 is 52.3 Å². The van der Waals surface area contributed by atoms with Crippen molar-refractivity contribution in [1.29, 1.82) is 0 Å². The second-order valence-electron chi connectivity index (χ2n) is 5.36. The molecule has 0 unspecified atom stereocenters. The Kier molecular flexibility index (Phi) is 4.62. The molecule has 0 spiro atoms. The summed E-state index contributed by atoms with van der Waals surface area (Å²) < 4.78 is 0. The molecule has 0 bridgehead atoms. The van der Waals surface area contributed by atoms with E-state index in [0.29, 0.717) is 5.69 Å². The Morgan fingerprint density at radius 2 is 1.54 bits per heavy atom. The number of fused-ring (bicyclic) bond motifs is 1. The van der Waals surface area contributed by atoms with Gasteiger partial charge in [0, 0.05) is 17.8 Å². The maximum absolute atomic E-state index is 12.3. The number of halogens is 2. The Labute approximate surface area is 156 Å². The number of amides is 3. The van der Waals surface area contributed by atoms with Crippen molar-refractivity contribution in [2.24, 2.45) is 0 Å². The number of anilines is 1. The van der Waals surface area contributed by atoms with E-state index in [4.69, 9.17) is 23.2 Å². The van der Waals surface area contributed by atoms with Crippen LogP contribution in [0.3, 0.4) is 0 Å². The molecule has 0 aromatic heterocycles. The maximum Gasteiger partial charge on any atom is 0.269 e. The predicted molar refractivity (Wildman–Crippen MR) is 93.6 cm³/mol. The van der Waals surface area contributed by atoms with E-state index in [1.165, 1.54) is 36.4 Å². The molecule has 8 nitrogen and oxygen atoms in total. The molecule has 26 heavy (non-hydrogen) atoms. The minimum Gasteiger partial charge on any atom is -0.325 e. The van der Waals surface area contributed by atoms with Crippen LogP contribution in [0.1, 0.15) is 20.7 Å². The summed E-state index contributed by atoms with van der Waals surface area (Å²) in [7, 11) is 0. The second-order valence-corrected chi connectivity index (χ2v) is 6.17. The molecule has 2 aromatic rings. The van der Waals surface area contributed by atoms with Crippen molar-refractivity contribution < 1.29 is 19.3 Å². The van der Waals surface area contributed by atoms with Crippen LogP contribution in [-0.4, -0.2) is 34.1 Å². The van der Waals surface area contributed by atoms with Gasteiger partial charge in [-0.05, 0) is 24.3 Å². The number of benzene rings is 2. The summed E-state index contributed by atoms with van der Waals surface area (Å²) in [6.45, 7) is -0.515. The van der Waals surface area contributed by atoms with Gasteiger partial charge in [0.2, 0.25) is 5.91 Å². The third-order valence-electron chi connectivity index (χ3n) is 3.68. The molecule has 0 fully saturated rings. The van der Waals surface area contributed by atoms with Gasteiger partial charge in [0.1, 0.15) is 6.54 Å². The number of nitro groups is 1. The normalized spacial score (nSPS) is 12.9. The molecule has 0 atom stereocenters. The molecule has 1 aliphatic heterocycles. The van der Waals surface area contributed by atoms with Gasteiger partial charge in [-0.25, -0.2) is 0 Å². The molecule has 2 aromatic carbocycles. The van der Waals surface area contributed by atoms with E-state index < -0.39 is 29.2 Å². The van der Waals surface area contributed by atoms with Crippen molar-refractivity contribution in [2.45, 2.75) is 0 Å². The SMILES string of the molecule is O=C(CN1C(=O)c2cc(Cl)c(Cl)cc2C1=O)Nc1ccc([N+](=O)[O-])cc1. The largest absolute Gasteiger partial charge is 0.325 e. The lowest BCUT2D eigenvalue weighted by molar-refractivity contribution is -0.384. The van der Waals surface area contributed by atoms with E-state index in [1.54, 1.807) is 0 Å². The minimum atomic E-state index is -0.651. The Morgan fingerprint density at radius 1 is 1.04 bits per heavy atom. The fourth-order valence-corrected chi connectivity index (χ4v) is 2.77. The molecule has 1 heterocycles. The number of nitro benzene ring substituents is 1. The van der Waals surface area contributed by atoms with Gasteiger partial charge in [0.15, 0.2) is 0 Å². The molecule has 132 valence electrons. The highest BCUT2D eigenvalue weighted by molar-refractivity contribution is 6.43. The van der Waals surface area contributed by atoms with Crippen LogP contribution < -0.4 is 5.32 Å². The molecule has 3 rings (SSSR count). The number of nitrogens with zero attached hydrogens (tertiary/aromatic N) is 2. The van der Waals surface area contributed by atoms with E-state index in [-0.39, 0.29) is 26.9 Å². The average Bonchev–Trinajstić information content (AvgIpc) is 2.80. The Morgan fingerprint density at radius 3 is 2.00 bits per heavy atom. The molecular weight excluding hydrogens is 385 g/mol. The van der Waals surface area contributed by atoms with Gasteiger partial charge in [-0.2, -0.15) is 0 Å². The Hall–Kier alpha value is -2.97. The molecule has 1 aliphatic rings. The zero-order valence-corrected chi connectivity index (χ0v) is 14.4. The lowest BCUT2D eigenvalue weighted by atomic mass is 10.1. The number of carbonyl (C=O) groups excluding carboxylic acids is 3. The molecule has 0 saturated carbocycles. The van der Waals surface area contributed by atoms with Gasteiger partial charge in [0.25, 0.3) is 17.5 Å². The smallest absolute Gasteiger partial charge is 0.269 e. The van der Waals surface area contributed by atoms with Gasteiger partial charge in [-0.1, -0.05) is 23.2 Å². The molecule has 0 saturated heterocycles. The van der Waals surface area contributed by atoms with Crippen molar-refractivity contribution in [3.05, 3.63) is 67.7 Å². The van der Waals surface area contributed by atoms with Crippen molar-refractivity contribution in [2.75, 3.05) is 11.9 Å². The van der Waals surface area contributed by atoms with Gasteiger partial charge in [-0.3, -0.25) is 29.4 Å². The second kappa shape index (κ2) is 6.74. The van der Waals surface area contributed by atoms with E-state index >= 15 is 0 Å². The lowest BCUT2D eigenvalue weighted by Gasteiger charge is -2.13. The summed E-state index contributed by atoms with van der Waals surface area (Å²) in [5.41, 5.74) is 0.320. The number of hydrogen-bond donors (Lipinski definition) is 1. The highest BCUT2D eigenvalue weighted by Crippen LogP contribution is 2.31. The van der Waals surface area contributed by atoms with Crippen LogP contribution in [0, 0.1) is 10.1 Å². The summed E-state index contributed by atoms with van der Waals surface area (Å²) >= 11 is 11.7. The third-order valence-corrected chi connectivity index (χ3v) is 4.40. The number of hydrogen-bond acceptors (Lipinski definition) is 5. The van der Waals surface area contributed by atoms with Gasteiger partial charge < -0.3 is 5.32 Å². The van der Waals surface area contributed by atoms with Crippen molar-refractivity contribution in [3.63, 3.8) is 0 Å². The van der Waals surface area contributed by atoms with Gasteiger partial charge in [-0.15, -0.1) is 0 Å². The first-order chi connectivity index (χ1) is 12.3. The monoisotopic (exact) mass is 393 g/mol. The average molecular weight is 394 g/mol. The predicted octanol–water partition coefficient (Wildman–Crippen LogP) is 3.14. The summed E-state index contributed by atoms with van der Waals surface area (Å²) in [5, 5.41) is 13.3. The first-order valence-corrected chi connectivity index (χ1v) is 7.93. The standard InChI is InChI=1S/C16H9Cl2N3O5/c17-12-5-10-11(6-13(12)18)16(24)20(15(10)23)7-14(22)19-8-1-3-9(4-2-8)21(25)26/h1-6H,7H2,(H,19,22). The van der Waals surface area contributed by atoms with Gasteiger partial charge >= 0.3 is 0 Å². The van der Waals surface area contributed by atoms with E-state index in [2.05, 4.69) is 5.32 Å². The number of rotatable bonds is 4. The zero-order chi connectivity index (χ0) is 19.0. The van der Waals surface area contributed by atoms with Crippen molar-refractivity contribution in [3.8, 4) is 0 Å². The molecular formula is C16H9Cl2N3O5. The maximum atomic E-state index is 12.3. The number of carbonyl (C=O) groups is 3. The number of nitrogens with one attached hydrogen (secondary N) is 1. The molecule has 0 radical (unpaired) electrons. The summed E-state index contributed by atoms with van der Waals surface area (Å²) in [6.07, 6.45) is 0. The Balaban J connectivity index is 1.73. The van der Waals surface area contributed by atoms with Crippen LogP contribution in [0.5, 0.6) is 0 Å². The van der Waals surface area contributed by atoms with Crippen molar-refractivity contribution in [1.82, 2.24) is 4.90 Å². The summed E-state index contributed by atoms with van der Waals surface area (Å²) in [6, 6.07) is 7.71. The first-order valence-electron chi connectivity index (χ1n) is 7.17. The number of non-ortho nitro benzene ring substituents is 1. The highest BCUT2D eigenvalue weighted by atomic mass is 35.5. The van der Waals surface area contributed by atoms with E-state index in [9.17, 15) is 24.5 Å². The molecule has 10 heteroatoms. The lowest BCUT2D eigenvalue weighted by Crippen LogP contribution is -2.37.